The molecule has 0 radical (unpaired) electrons. The number of aromatic nitrogens is 1. The predicted octanol–water partition coefficient (Wildman–Crippen LogP) is 6.63. The highest BCUT2D eigenvalue weighted by Crippen LogP contribution is 2.13. The zero-order valence-corrected chi connectivity index (χ0v) is 16.4. The monoisotopic (exact) mass is 333 g/mol. The van der Waals surface area contributed by atoms with Gasteiger partial charge in [-0.15, -0.1) is 0 Å². The van der Waals surface area contributed by atoms with Gasteiger partial charge in [0.15, 0.2) is 5.43 Å². The Kier molecular flexibility index (Phi) is 11.6. The maximum atomic E-state index is 11.8. The van der Waals surface area contributed by atoms with Crippen LogP contribution >= 0.6 is 0 Å². The third-order valence-electron chi connectivity index (χ3n) is 5.14. The molecule has 138 valence electrons. The summed E-state index contributed by atoms with van der Waals surface area (Å²) in [5.41, 5.74) is 3.15. The zero-order valence-electron chi connectivity index (χ0n) is 16.4. The number of H-pyrrole nitrogens is 1. The summed E-state index contributed by atoms with van der Waals surface area (Å²) in [5.74, 6) is 0. The minimum absolute atomic E-state index is 0.177. The lowest BCUT2D eigenvalue weighted by molar-refractivity contribution is 0.539. The molecule has 0 unspecified atom stereocenters. The number of aromatic amines is 1. The molecule has 1 rings (SSSR count). The van der Waals surface area contributed by atoms with E-state index in [4.69, 9.17) is 0 Å². The third-order valence-corrected chi connectivity index (χ3v) is 5.14. The second kappa shape index (κ2) is 13.3. The van der Waals surface area contributed by atoms with Gasteiger partial charge in [0.25, 0.3) is 0 Å². The second-order valence-electron chi connectivity index (χ2n) is 7.40. The largest absolute Gasteiger partial charge is 0.362 e. The smallest absolute Gasteiger partial charge is 0.184 e. The number of pyridine rings is 1. The maximum Gasteiger partial charge on any atom is 0.184 e. The first-order valence-electron chi connectivity index (χ1n) is 10.3. The first-order valence-corrected chi connectivity index (χ1v) is 10.3. The van der Waals surface area contributed by atoms with Crippen LogP contribution in [0.1, 0.15) is 107 Å². The van der Waals surface area contributed by atoms with Crippen LogP contribution in [0.4, 0.5) is 0 Å². The second-order valence-corrected chi connectivity index (χ2v) is 7.40. The van der Waals surface area contributed by atoms with Crippen molar-refractivity contribution < 1.29 is 0 Å². The SMILES string of the molecule is CCCCCCCCCCCCCCCc1cc(=O)c(C)c(C)[nH]1. The van der Waals surface area contributed by atoms with E-state index in [0.29, 0.717) is 0 Å². The van der Waals surface area contributed by atoms with E-state index >= 15 is 0 Å². The fraction of sp³-hybridized carbons (Fsp3) is 0.773. The average Bonchev–Trinajstić information content (AvgIpc) is 2.56. The van der Waals surface area contributed by atoms with Gasteiger partial charge < -0.3 is 4.98 Å². The predicted molar refractivity (Wildman–Crippen MR) is 106 cm³/mol. The van der Waals surface area contributed by atoms with Crippen molar-refractivity contribution in [1.82, 2.24) is 4.98 Å². The molecule has 1 aromatic rings. The van der Waals surface area contributed by atoms with Crippen molar-refractivity contribution in [3.05, 3.63) is 33.2 Å². The topological polar surface area (TPSA) is 32.9 Å². The number of hydrogen-bond donors (Lipinski definition) is 1. The van der Waals surface area contributed by atoms with E-state index in [0.717, 1.165) is 23.4 Å². The lowest BCUT2D eigenvalue weighted by Crippen LogP contribution is -2.10. The van der Waals surface area contributed by atoms with Gasteiger partial charge in [-0.25, -0.2) is 0 Å². The van der Waals surface area contributed by atoms with E-state index in [1.165, 1.54) is 83.5 Å². The van der Waals surface area contributed by atoms with Crippen LogP contribution in [0.25, 0.3) is 0 Å². The molecule has 0 aliphatic heterocycles. The third kappa shape index (κ3) is 9.30. The highest BCUT2D eigenvalue weighted by Gasteiger charge is 2.01. The molecule has 1 aromatic heterocycles. The molecule has 0 bridgehead atoms. The molecule has 0 fully saturated rings. The molecule has 2 heteroatoms. The summed E-state index contributed by atoms with van der Waals surface area (Å²) in [6.07, 6.45) is 18.9. The highest BCUT2D eigenvalue weighted by molar-refractivity contribution is 5.20. The molecular formula is C22H39NO. The Balaban J connectivity index is 1.93. The van der Waals surface area contributed by atoms with Crippen LogP contribution in [0.15, 0.2) is 10.9 Å². The summed E-state index contributed by atoms with van der Waals surface area (Å²) < 4.78 is 0. The molecule has 1 N–H and O–H groups in total. The number of nitrogens with one attached hydrogen (secondary N) is 1. The van der Waals surface area contributed by atoms with E-state index < -0.39 is 0 Å². The summed E-state index contributed by atoms with van der Waals surface area (Å²) in [6.45, 7) is 6.16. The Labute approximate surface area is 149 Å². The van der Waals surface area contributed by atoms with Crippen LogP contribution in [-0.2, 0) is 6.42 Å². The average molecular weight is 334 g/mol. The Morgan fingerprint density at radius 3 is 1.67 bits per heavy atom. The Morgan fingerprint density at radius 2 is 1.21 bits per heavy atom. The van der Waals surface area contributed by atoms with Crippen molar-refractivity contribution in [2.75, 3.05) is 0 Å². The molecule has 0 aromatic carbocycles. The van der Waals surface area contributed by atoms with Crippen molar-refractivity contribution >= 4 is 0 Å². The number of aryl methyl sites for hydroxylation is 2. The van der Waals surface area contributed by atoms with Gasteiger partial charge in [0.1, 0.15) is 0 Å². The van der Waals surface area contributed by atoms with Gasteiger partial charge in [-0.1, -0.05) is 84.0 Å². The first kappa shape index (κ1) is 21.0. The first-order chi connectivity index (χ1) is 11.6. The summed E-state index contributed by atoms with van der Waals surface area (Å²) in [5, 5.41) is 0. The minimum atomic E-state index is 0.177. The van der Waals surface area contributed by atoms with Crippen LogP contribution < -0.4 is 5.43 Å². The van der Waals surface area contributed by atoms with E-state index in [9.17, 15) is 4.79 Å². The zero-order chi connectivity index (χ0) is 17.6. The summed E-state index contributed by atoms with van der Waals surface area (Å²) in [4.78, 5) is 15.1. The van der Waals surface area contributed by atoms with Gasteiger partial charge in [0, 0.05) is 23.0 Å². The minimum Gasteiger partial charge on any atom is -0.362 e. The molecule has 0 amide bonds. The summed E-state index contributed by atoms with van der Waals surface area (Å²) >= 11 is 0. The van der Waals surface area contributed by atoms with Crippen LogP contribution in [-0.4, -0.2) is 4.98 Å². The van der Waals surface area contributed by atoms with E-state index in [1.807, 2.05) is 13.8 Å². The van der Waals surface area contributed by atoms with Crippen molar-refractivity contribution in [2.45, 2.75) is 111 Å². The lowest BCUT2D eigenvalue weighted by Gasteiger charge is -2.06. The molecule has 0 spiro atoms. The summed E-state index contributed by atoms with van der Waals surface area (Å²) in [6, 6.07) is 1.78. The molecule has 24 heavy (non-hydrogen) atoms. The van der Waals surface area contributed by atoms with Crippen molar-refractivity contribution in [2.24, 2.45) is 0 Å². The van der Waals surface area contributed by atoms with Crippen LogP contribution in [0.2, 0.25) is 0 Å². The van der Waals surface area contributed by atoms with Gasteiger partial charge >= 0.3 is 0 Å². The van der Waals surface area contributed by atoms with Crippen molar-refractivity contribution in [3.63, 3.8) is 0 Å². The van der Waals surface area contributed by atoms with E-state index in [1.54, 1.807) is 6.07 Å². The molecule has 2 nitrogen and oxygen atoms in total. The van der Waals surface area contributed by atoms with E-state index in [2.05, 4.69) is 11.9 Å². The highest BCUT2D eigenvalue weighted by atomic mass is 16.1. The van der Waals surface area contributed by atoms with Gasteiger partial charge in [0.2, 0.25) is 0 Å². The number of unbranched alkanes of at least 4 members (excludes halogenated alkanes) is 12. The molecular weight excluding hydrogens is 294 g/mol. The van der Waals surface area contributed by atoms with Crippen LogP contribution in [0.5, 0.6) is 0 Å². The Morgan fingerprint density at radius 1 is 0.750 bits per heavy atom. The van der Waals surface area contributed by atoms with Gasteiger partial charge in [-0.3, -0.25) is 4.79 Å². The van der Waals surface area contributed by atoms with Crippen molar-refractivity contribution in [1.29, 1.82) is 0 Å². The fourth-order valence-electron chi connectivity index (χ4n) is 3.29. The molecule has 0 saturated carbocycles. The van der Waals surface area contributed by atoms with Crippen LogP contribution in [0.3, 0.4) is 0 Å². The molecule has 0 aliphatic carbocycles. The van der Waals surface area contributed by atoms with Gasteiger partial charge in [-0.2, -0.15) is 0 Å². The standard InChI is InChI=1S/C22H39NO/c1-4-5-6-7-8-9-10-11-12-13-14-15-16-17-21-18-22(24)19(2)20(3)23-21/h18H,4-17H2,1-3H3,(H,23,24). The summed E-state index contributed by atoms with van der Waals surface area (Å²) in [7, 11) is 0. The Hall–Kier alpha value is -1.05. The molecule has 0 atom stereocenters. The van der Waals surface area contributed by atoms with Crippen molar-refractivity contribution in [3.8, 4) is 0 Å². The molecule has 0 aliphatic rings. The van der Waals surface area contributed by atoms with E-state index in [-0.39, 0.29) is 5.43 Å². The fourth-order valence-corrected chi connectivity index (χ4v) is 3.29. The molecule has 0 saturated heterocycles. The van der Waals surface area contributed by atoms with Crippen LogP contribution in [0, 0.1) is 13.8 Å². The normalized spacial score (nSPS) is 11.1. The quantitative estimate of drug-likeness (QED) is 0.381. The maximum absolute atomic E-state index is 11.8. The molecule has 1 heterocycles. The number of rotatable bonds is 14. The van der Waals surface area contributed by atoms with Gasteiger partial charge in [-0.05, 0) is 26.7 Å². The number of hydrogen-bond acceptors (Lipinski definition) is 1. The van der Waals surface area contributed by atoms with Gasteiger partial charge in [0.05, 0.1) is 0 Å². The Bertz CT molecular complexity index is 489. The lowest BCUT2D eigenvalue weighted by atomic mass is 10.0.